The van der Waals surface area contributed by atoms with E-state index in [0.29, 0.717) is 30.1 Å². The summed E-state index contributed by atoms with van der Waals surface area (Å²) in [4.78, 5) is 12.2. The van der Waals surface area contributed by atoms with Crippen LogP contribution in [-0.2, 0) is 14.8 Å². The van der Waals surface area contributed by atoms with Crippen molar-refractivity contribution in [2.24, 2.45) is 0 Å². The quantitative estimate of drug-likeness (QED) is 0.873. The molecule has 0 unspecified atom stereocenters. The first-order valence-corrected chi connectivity index (χ1v) is 10.1. The van der Waals surface area contributed by atoms with Crippen LogP contribution < -0.4 is 14.4 Å². The highest BCUT2D eigenvalue weighted by atomic mass is 32.2. The smallest absolute Gasteiger partial charge is 0.262 e. The molecule has 1 aliphatic heterocycles. The number of anilines is 2. The number of rotatable bonds is 5. The van der Waals surface area contributed by atoms with Gasteiger partial charge in [0.1, 0.15) is 5.75 Å². The zero-order valence-electron chi connectivity index (χ0n) is 14.9. The highest BCUT2D eigenvalue weighted by Gasteiger charge is 2.28. The van der Waals surface area contributed by atoms with E-state index in [2.05, 4.69) is 5.32 Å². The third kappa shape index (κ3) is 4.16. The minimum atomic E-state index is -3.25. The molecule has 1 N–H and O–H groups in total. The fourth-order valence-corrected chi connectivity index (χ4v) is 4.43. The molecule has 138 valence electrons. The summed E-state index contributed by atoms with van der Waals surface area (Å²) in [5, 5.41) is 2.80. The first kappa shape index (κ1) is 18.3. The van der Waals surface area contributed by atoms with Crippen molar-refractivity contribution in [2.45, 2.75) is 20.3 Å². The lowest BCUT2D eigenvalue weighted by atomic mass is 10.1. The van der Waals surface area contributed by atoms with Gasteiger partial charge in [-0.05, 0) is 55.7 Å². The van der Waals surface area contributed by atoms with E-state index >= 15 is 0 Å². The Balaban J connectivity index is 1.69. The fourth-order valence-electron chi connectivity index (χ4n) is 2.87. The van der Waals surface area contributed by atoms with Crippen LogP contribution in [0.15, 0.2) is 42.5 Å². The maximum Gasteiger partial charge on any atom is 0.262 e. The Kier molecular flexibility index (Phi) is 5.18. The van der Waals surface area contributed by atoms with Gasteiger partial charge in [-0.3, -0.25) is 9.10 Å². The Morgan fingerprint density at radius 1 is 1.19 bits per heavy atom. The van der Waals surface area contributed by atoms with E-state index in [1.54, 1.807) is 24.3 Å². The number of benzene rings is 2. The molecule has 2 aromatic rings. The first-order chi connectivity index (χ1) is 12.3. The topological polar surface area (TPSA) is 75.7 Å². The van der Waals surface area contributed by atoms with Crippen molar-refractivity contribution < 1.29 is 17.9 Å². The van der Waals surface area contributed by atoms with Crippen molar-refractivity contribution in [2.75, 3.05) is 28.5 Å². The Labute approximate surface area is 153 Å². The second-order valence-corrected chi connectivity index (χ2v) is 8.41. The molecule has 0 aliphatic carbocycles. The Bertz CT molecular complexity index is 925. The van der Waals surface area contributed by atoms with E-state index in [4.69, 9.17) is 4.74 Å². The Morgan fingerprint density at radius 3 is 2.69 bits per heavy atom. The van der Waals surface area contributed by atoms with Crippen LogP contribution in [0.3, 0.4) is 0 Å². The number of aryl methyl sites for hydroxylation is 2. The van der Waals surface area contributed by atoms with Gasteiger partial charge < -0.3 is 10.1 Å². The van der Waals surface area contributed by atoms with Crippen LogP contribution in [-0.4, -0.2) is 33.2 Å². The van der Waals surface area contributed by atoms with Crippen LogP contribution in [0, 0.1) is 13.8 Å². The van der Waals surface area contributed by atoms with Gasteiger partial charge in [0.15, 0.2) is 6.61 Å². The molecule has 1 aliphatic rings. The SMILES string of the molecule is Cc1cccc(OCC(=O)Nc2cc(N3CCCS3(=O)=O)ccc2C)c1. The molecule has 0 aromatic heterocycles. The van der Waals surface area contributed by atoms with Crippen LogP contribution in [0.2, 0.25) is 0 Å². The van der Waals surface area contributed by atoms with Gasteiger partial charge in [-0.15, -0.1) is 0 Å². The lowest BCUT2D eigenvalue weighted by Crippen LogP contribution is -2.25. The zero-order valence-corrected chi connectivity index (χ0v) is 15.7. The maximum absolute atomic E-state index is 12.2. The number of sulfonamides is 1. The second kappa shape index (κ2) is 7.37. The molecular formula is C19H22N2O4S. The number of amides is 1. The standard InChI is InChI=1S/C19H22N2O4S/c1-14-5-3-6-17(11-14)25-13-19(22)20-18-12-16(8-7-15(18)2)21-9-4-10-26(21,23)24/h3,5-8,11-12H,4,9-10,13H2,1-2H3,(H,20,22). The monoisotopic (exact) mass is 374 g/mol. The van der Waals surface area contributed by atoms with Gasteiger partial charge in [0.2, 0.25) is 10.0 Å². The van der Waals surface area contributed by atoms with E-state index in [1.165, 1.54) is 4.31 Å². The molecule has 1 heterocycles. The lowest BCUT2D eigenvalue weighted by Gasteiger charge is -2.19. The number of ether oxygens (including phenoxy) is 1. The Hall–Kier alpha value is -2.54. The summed E-state index contributed by atoms with van der Waals surface area (Å²) in [5.74, 6) is 0.497. The van der Waals surface area contributed by atoms with Crippen molar-refractivity contribution in [1.82, 2.24) is 0 Å². The van der Waals surface area contributed by atoms with Crippen molar-refractivity contribution in [3.63, 3.8) is 0 Å². The molecule has 7 heteroatoms. The molecule has 2 aromatic carbocycles. The largest absolute Gasteiger partial charge is 0.484 e. The average Bonchev–Trinajstić information content (AvgIpc) is 2.94. The third-order valence-corrected chi connectivity index (χ3v) is 6.11. The van der Waals surface area contributed by atoms with E-state index < -0.39 is 10.0 Å². The van der Waals surface area contributed by atoms with Crippen LogP contribution in [0.25, 0.3) is 0 Å². The minimum absolute atomic E-state index is 0.116. The number of hydrogen-bond donors (Lipinski definition) is 1. The van der Waals surface area contributed by atoms with Crippen molar-refractivity contribution >= 4 is 27.3 Å². The predicted molar refractivity (Wildman–Crippen MR) is 102 cm³/mol. The molecule has 0 bridgehead atoms. The number of nitrogens with zero attached hydrogens (tertiary/aromatic N) is 1. The van der Waals surface area contributed by atoms with Gasteiger partial charge in [0.05, 0.1) is 11.4 Å². The van der Waals surface area contributed by atoms with Crippen molar-refractivity contribution in [3.8, 4) is 5.75 Å². The summed E-state index contributed by atoms with van der Waals surface area (Å²) in [7, 11) is -3.25. The second-order valence-electron chi connectivity index (χ2n) is 6.39. The molecule has 1 saturated heterocycles. The van der Waals surface area contributed by atoms with E-state index in [9.17, 15) is 13.2 Å². The van der Waals surface area contributed by atoms with Crippen molar-refractivity contribution in [3.05, 3.63) is 53.6 Å². The molecular weight excluding hydrogens is 352 g/mol. The normalized spacial score (nSPS) is 15.7. The maximum atomic E-state index is 12.2. The Morgan fingerprint density at radius 2 is 2.00 bits per heavy atom. The molecule has 0 spiro atoms. The molecule has 0 radical (unpaired) electrons. The molecule has 3 rings (SSSR count). The van der Waals surface area contributed by atoms with Gasteiger partial charge >= 0.3 is 0 Å². The summed E-state index contributed by atoms with van der Waals surface area (Å²) in [6, 6.07) is 12.7. The van der Waals surface area contributed by atoms with Gasteiger partial charge in [-0.25, -0.2) is 8.42 Å². The van der Waals surface area contributed by atoms with Crippen molar-refractivity contribution in [1.29, 1.82) is 0 Å². The third-order valence-electron chi connectivity index (χ3n) is 4.24. The lowest BCUT2D eigenvalue weighted by molar-refractivity contribution is -0.118. The van der Waals surface area contributed by atoms with Crippen LogP contribution in [0.4, 0.5) is 11.4 Å². The number of carbonyl (C=O) groups is 1. The zero-order chi connectivity index (χ0) is 18.7. The number of nitrogens with one attached hydrogen (secondary N) is 1. The average molecular weight is 374 g/mol. The van der Waals surface area contributed by atoms with E-state index in [1.807, 2.05) is 32.0 Å². The highest BCUT2D eigenvalue weighted by molar-refractivity contribution is 7.93. The van der Waals surface area contributed by atoms with Gasteiger partial charge in [-0.1, -0.05) is 18.2 Å². The minimum Gasteiger partial charge on any atom is -0.484 e. The fraction of sp³-hybridized carbons (Fsp3) is 0.316. The molecule has 0 atom stereocenters. The first-order valence-electron chi connectivity index (χ1n) is 8.45. The summed E-state index contributed by atoms with van der Waals surface area (Å²) in [6.45, 7) is 4.16. The van der Waals surface area contributed by atoms with Gasteiger partial charge in [0, 0.05) is 12.2 Å². The van der Waals surface area contributed by atoms with E-state index in [-0.39, 0.29) is 18.3 Å². The van der Waals surface area contributed by atoms with Crippen LogP contribution in [0.1, 0.15) is 17.5 Å². The van der Waals surface area contributed by atoms with Gasteiger partial charge in [0.25, 0.3) is 5.91 Å². The van der Waals surface area contributed by atoms with Crippen LogP contribution in [0.5, 0.6) is 5.75 Å². The van der Waals surface area contributed by atoms with E-state index in [0.717, 1.165) is 11.1 Å². The predicted octanol–water partition coefficient (Wildman–Crippen LogP) is 2.86. The van der Waals surface area contributed by atoms with Crippen LogP contribution >= 0.6 is 0 Å². The summed E-state index contributed by atoms with van der Waals surface area (Å²) < 4.78 is 31.1. The van der Waals surface area contributed by atoms with Gasteiger partial charge in [-0.2, -0.15) is 0 Å². The highest BCUT2D eigenvalue weighted by Crippen LogP contribution is 2.28. The number of hydrogen-bond acceptors (Lipinski definition) is 4. The molecule has 26 heavy (non-hydrogen) atoms. The molecule has 6 nitrogen and oxygen atoms in total. The summed E-state index contributed by atoms with van der Waals surface area (Å²) in [6.07, 6.45) is 0.613. The number of carbonyl (C=O) groups excluding carboxylic acids is 1. The summed E-state index contributed by atoms with van der Waals surface area (Å²) in [5.41, 5.74) is 3.07. The summed E-state index contributed by atoms with van der Waals surface area (Å²) >= 11 is 0. The molecule has 0 saturated carbocycles. The molecule has 1 fully saturated rings. The molecule has 1 amide bonds.